The molecule has 0 aromatic heterocycles. The van der Waals surface area contributed by atoms with E-state index in [2.05, 4.69) is 69.3 Å². The molecule has 15 nitrogen and oxygen atoms in total. The fourth-order valence-electron chi connectivity index (χ4n) is 13.3. The fourth-order valence-corrected chi connectivity index (χ4v) is 18.7. The van der Waals surface area contributed by atoms with Crippen LogP contribution in [0.25, 0.3) is 0 Å². The Morgan fingerprint density at radius 1 is 0.607 bits per heavy atom. The maximum Gasteiger partial charge on any atom is 0.262 e. The van der Waals surface area contributed by atoms with Crippen LogP contribution in [-0.4, -0.2) is 125 Å². The van der Waals surface area contributed by atoms with Crippen molar-refractivity contribution < 1.29 is 66.1 Å². The zero-order valence-corrected chi connectivity index (χ0v) is 53.1. The number of carbonyl (C=O) groups is 2. The lowest BCUT2D eigenvalue weighted by Gasteiger charge is -2.56. The van der Waals surface area contributed by atoms with Gasteiger partial charge in [-0.15, -0.1) is 11.8 Å². The first-order valence-corrected chi connectivity index (χ1v) is 34.0. The molecular weight excluding hydrogens is 1160 g/mol. The van der Waals surface area contributed by atoms with Crippen LogP contribution in [0, 0.1) is 0 Å². The lowest BCUT2D eigenvalue weighted by molar-refractivity contribution is -0.379. The molecule has 1 saturated carbocycles. The van der Waals surface area contributed by atoms with Crippen LogP contribution >= 0.6 is 11.8 Å². The number of fused-ring (bicyclic) bond motifs is 2. The quantitative estimate of drug-likeness (QED) is 0.0360. The zero-order chi connectivity index (χ0) is 61.5. The van der Waals surface area contributed by atoms with Crippen LogP contribution in [0.15, 0.2) is 194 Å². The van der Waals surface area contributed by atoms with Crippen molar-refractivity contribution in [3.63, 3.8) is 0 Å². The van der Waals surface area contributed by atoms with E-state index in [1.165, 1.54) is 16.7 Å². The van der Waals surface area contributed by atoms with E-state index in [4.69, 9.17) is 56.5 Å². The van der Waals surface area contributed by atoms with E-state index in [0.717, 1.165) is 53.6 Å². The number of benzene rings is 7. The van der Waals surface area contributed by atoms with Crippen LogP contribution in [-0.2, 0) is 55.5 Å². The number of thioether (sulfide) groups is 1. The predicted molar refractivity (Wildman–Crippen MR) is 341 cm³/mol. The third-order valence-electron chi connectivity index (χ3n) is 17.7. The summed E-state index contributed by atoms with van der Waals surface area (Å²) in [6, 6.07) is 60.9. The Morgan fingerprint density at radius 2 is 1.13 bits per heavy atom. The highest BCUT2D eigenvalue weighted by atomic mass is 32.2. The normalized spacial score (nSPS) is 25.4. The Morgan fingerprint density at radius 3 is 1.70 bits per heavy atom. The van der Waals surface area contributed by atoms with Crippen molar-refractivity contribution in [3.05, 3.63) is 222 Å². The van der Waals surface area contributed by atoms with Gasteiger partial charge in [-0.1, -0.05) is 173 Å². The summed E-state index contributed by atoms with van der Waals surface area (Å²) >= 11 is 1.51. The number of amides is 2. The average molecular weight is 1240 g/mol. The zero-order valence-electron chi connectivity index (χ0n) is 51.3. The molecule has 1 aliphatic carbocycles. The number of hydrogen-bond acceptors (Lipinski definition) is 15. The van der Waals surface area contributed by atoms with E-state index in [1.807, 2.05) is 103 Å². The molecule has 4 fully saturated rings. The van der Waals surface area contributed by atoms with Crippen molar-refractivity contribution in [3.8, 4) is 17.2 Å². The predicted octanol–water partition coefficient (Wildman–Crippen LogP) is 11.9. The van der Waals surface area contributed by atoms with E-state index < -0.39 is 97.7 Å². The molecule has 0 radical (unpaired) electrons. The molecule has 5 aliphatic rings. The van der Waals surface area contributed by atoms with Crippen molar-refractivity contribution in [2.75, 3.05) is 33.7 Å². The highest BCUT2D eigenvalue weighted by Crippen LogP contribution is 2.48. The summed E-state index contributed by atoms with van der Waals surface area (Å²) in [5, 5.41) is 1.72. The smallest absolute Gasteiger partial charge is 0.262 e. The van der Waals surface area contributed by atoms with Crippen LogP contribution in [0.2, 0.25) is 5.04 Å². The molecule has 7 aromatic rings. The minimum absolute atomic E-state index is 0.0373. The number of ether oxygens (including phenoxy) is 11. The van der Waals surface area contributed by atoms with Crippen LogP contribution in [0.1, 0.15) is 96.6 Å². The third-order valence-corrected chi connectivity index (χ3v) is 23.6. The first kappa shape index (κ1) is 62.5. The van der Waals surface area contributed by atoms with Gasteiger partial charge in [-0.05, 0) is 94.2 Å². The Kier molecular flexibility index (Phi) is 19.5. The summed E-state index contributed by atoms with van der Waals surface area (Å²) in [5.74, 6) is -0.324. The monoisotopic (exact) mass is 1240 g/mol. The molecule has 3 saturated heterocycles. The van der Waals surface area contributed by atoms with E-state index in [1.54, 1.807) is 62.8 Å². The van der Waals surface area contributed by atoms with Gasteiger partial charge in [0.05, 0.1) is 51.8 Å². The summed E-state index contributed by atoms with van der Waals surface area (Å²) in [6.45, 7) is 7.30. The number of rotatable bonds is 22. The average Bonchev–Trinajstić information content (AvgIpc) is 1.72. The second-order valence-corrected chi connectivity index (χ2v) is 29.5. The Hall–Kier alpha value is -6.71. The van der Waals surface area contributed by atoms with Crippen LogP contribution in [0.4, 0.5) is 0 Å². The van der Waals surface area contributed by atoms with Gasteiger partial charge in [0.15, 0.2) is 12.1 Å². The van der Waals surface area contributed by atoms with Crippen LogP contribution < -0.4 is 24.6 Å². The van der Waals surface area contributed by atoms with Crippen molar-refractivity contribution in [2.45, 2.75) is 144 Å². The van der Waals surface area contributed by atoms with Gasteiger partial charge in [0.2, 0.25) is 6.29 Å². The molecule has 4 heterocycles. The van der Waals surface area contributed by atoms with E-state index >= 15 is 9.59 Å². The lowest BCUT2D eigenvalue weighted by Crippen LogP contribution is -2.73. The largest absolute Gasteiger partial charge is 0.497 e. The first-order valence-electron chi connectivity index (χ1n) is 30.8. The molecule has 466 valence electrons. The lowest BCUT2D eigenvalue weighted by atomic mass is 9.90. The van der Waals surface area contributed by atoms with Gasteiger partial charge in [0.1, 0.15) is 71.5 Å². The third kappa shape index (κ3) is 13.3. The molecule has 12 rings (SSSR count). The van der Waals surface area contributed by atoms with E-state index in [9.17, 15) is 0 Å². The fraction of sp³-hybridized carbons (Fsp3) is 0.389. The van der Waals surface area contributed by atoms with Crippen molar-refractivity contribution >= 4 is 42.3 Å². The highest BCUT2D eigenvalue weighted by Gasteiger charge is 2.62. The van der Waals surface area contributed by atoms with Gasteiger partial charge in [-0.2, -0.15) is 0 Å². The topological polar surface area (TPSA) is 148 Å². The molecular formula is C72H79NO14SSi. The second-order valence-electron chi connectivity index (χ2n) is 24.3. The molecule has 2 amide bonds. The van der Waals surface area contributed by atoms with Gasteiger partial charge >= 0.3 is 0 Å². The van der Waals surface area contributed by atoms with Crippen molar-refractivity contribution in [1.82, 2.24) is 4.90 Å². The van der Waals surface area contributed by atoms with Crippen molar-refractivity contribution in [2.24, 2.45) is 0 Å². The summed E-state index contributed by atoms with van der Waals surface area (Å²) in [4.78, 5) is 31.6. The number of hydrogen-bond donors (Lipinski definition) is 0. The van der Waals surface area contributed by atoms with E-state index in [0.29, 0.717) is 29.4 Å². The molecule has 4 aliphatic heterocycles. The Bertz CT molecular complexity index is 3360. The highest BCUT2D eigenvalue weighted by molar-refractivity contribution is 7.99. The van der Waals surface area contributed by atoms with Gasteiger partial charge in [-0.3, -0.25) is 14.5 Å². The molecule has 0 unspecified atom stereocenters. The molecule has 89 heavy (non-hydrogen) atoms. The van der Waals surface area contributed by atoms with Gasteiger partial charge < -0.3 is 56.5 Å². The minimum Gasteiger partial charge on any atom is -0.497 e. The van der Waals surface area contributed by atoms with E-state index in [-0.39, 0.29) is 30.9 Å². The second kappa shape index (κ2) is 27.8. The number of methoxy groups -OCH3 is 2. The number of nitrogens with zero attached hydrogens (tertiary/aromatic N) is 1. The first-order chi connectivity index (χ1) is 43.4. The SMILES string of the molecule is COc1ccc(O[C@@H]2O[C@H](COCc3ccccc3)[C@@H](O[C@@H](O[C@H]3[C@@H](O[Si](c4ccccc4)(c4ccccc4)C(C)(C)C)[C@@H]4OC5(CCCCC5)OC[C@H]4O[C@@H]3SC)c3ccc(OC)cc3)[C@H](OCc3ccccc3)[C@H]2N2C(=O)c3ccccc3C2=O)cc1. The summed E-state index contributed by atoms with van der Waals surface area (Å²) in [6.07, 6.45) is -2.43. The van der Waals surface area contributed by atoms with Crippen molar-refractivity contribution in [1.29, 1.82) is 0 Å². The number of imide groups is 1. The molecule has 1 spiro atoms. The van der Waals surface area contributed by atoms with Crippen LogP contribution in [0.3, 0.4) is 0 Å². The van der Waals surface area contributed by atoms with Gasteiger partial charge in [0.25, 0.3) is 20.1 Å². The molecule has 7 aromatic carbocycles. The Labute approximate surface area is 527 Å². The molecule has 17 heteroatoms. The van der Waals surface area contributed by atoms with Gasteiger partial charge in [-0.25, -0.2) is 0 Å². The summed E-state index contributed by atoms with van der Waals surface area (Å²) in [7, 11) is -0.222. The molecule has 0 bridgehead atoms. The Balaban J connectivity index is 1.02. The summed E-state index contributed by atoms with van der Waals surface area (Å²) in [5.41, 5.74) is 2.18. The maximum absolute atomic E-state index is 15.2. The molecule has 0 N–H and O–H groups in total. The number of carbonyl (C=O) groups excluding carboxylic acids is 2. The van der Waals surface area contributed by atoms with Crippen LogP contribution in [0.5, 0.6) is 17.2 Å². The minimum atomic E-state index is -3.43. The maximum atomic E-state index is 15.2. The summed E-state index contributed by atoms with van der Waals surface area (Å²) < 4.78 is 85.0. The standard InChI is InChI=1S/C72H79NO14SSi/c1-71(2,3)89(54-28-16-9-17-29-54,55-30-18-10-19-31-55)87-64-62-59(47-80-72(86-62)42-22-11-23-43-72)83-70(88-6)65(64)85-68(50-34-36-51(76-4)37-35-50)84-61-58(46-78-44-48-24-12-7-13-25-48)82-69(81-53-40-38-52(77-5)39-41-53)60(63(61)79-45-49-26-14-8-15-27-49)73-66(74)56-32-20-21-33-57(56)67(73)75/h7-10,12-21,24-41,58-65,68-70H,11,22-23,42-47H2,1-6H3/t58-,59-,60-,61-,62-,63-,64+,65+,68+,69-,70-/m1/s1. The molecule has 11 atom stereocenters. The van der Waals surface area contributed by atoms with Gasteiger partial charge in [0, 0.05) is 18.4 Å².